The molecule has 0 radical (unpaired) electrons. The molecule has 6 nitrogen and oxygen atoms in total. The van der Waals surface area contributed by atoms with Gasteiger partial charge in [0.2, 0.25) is 5.91 Å². The topological polar surface area (TPSA) is 121 Å². The average molecular weight is 297 g/mol. The molecule has 0 aliphatic carbocycles. The van der Waals surface area contributed by atoms with E-state index in [9.17, 15) is 4.79 Å². The van der Waals surface area contributed by atoms with Crippen molar-refractivity contribution < 1.29 is 24.0 Å². The maximum absolute atomic E-state index is 10.4. The van der Waals surface area contributed by atoms with Gasteiger partial charge < -0.3 is 20.4 Å². The van der Waals surface area contributed by atoms with Gasteiger partial charge in [-0.3, -0.25) is 4.79 Å². The Kier molecular flexibility index (Phi) is 15.4. The number of unbranched alkanes of at least 4 members (excludes halogenated alkanes) is 8. The van der Waals surface area contributed by atoms with E-state index in [0.717, 1.165) is 12.8 Å². The van der Waals surface area contributed by atoms with Crippen molar-refractivity contribution in [2.24, 2.45) is 5.73 Å². The van der Waals surface area contributed by atoms with Crippen LogP contribution >= 0.6 is 7.82 Å². The van der Waals surface area contributed by atoms with Crippen molar-refractivity contribution >= 4 is 13.7 Å². The second-order valence-electron chi connectivity index (χ2n) is 4.56. The van der Waals surface area contributed by atoms with Crippen molar-refractivity contribution in [1.82, 2.24) is 0 Å². The van der Waals surface area contributed by atoms with Crippen molar-refractivity contribution in [3.63, 3.8) is 0 Å². The van der Waals surface area contributed by atoms with Crippen LogP contribution in [0.4, 0.5) is 0 Å². The summed E-state index contributed by atoms with van der Waals surface area (Å²) in [7, 11) is -4.64. The van der Waals surface area contributed by atoms with Crippen LogP contribution in [0.1, 0.15) is 71.1 Å². The quantitative estimate of drug-likeness (QED) is 0.364. The Bertz CT molecular complexity index is 246. The first-order valence-electron chi connectivity index (χ1n) is 6.84. The highest BCUT2D eigenvalue weighted by Crippen LogP contribution is 2.25. The number of rotatable bonds is 10. The minimum Gasteiger partial charge on any atom is -0.370 e. The Labute approximate surface area is 115 Å². The Morgan fingerprint density at radius 2 is 1.21 bits per heavy atom. The van der Waals surface area contributed by atoms with Crippen LogP contribution in [0.3, 0.4) is 0 Å². The summed E-state index contributed by atoms with van der Waals surface area (Å²) in [5.41, 5.74) is 5.05. The van der Waals surface area contributed by atoms with Gasteiger partial charge in [0.05, 0.1) is 0 Å². The molecule has 19 heavy (non-hydrogen) atoms. The van der Waals surface area contributed by atoms with Crippen molar-refractivity contribution in [3.05, 3.63) is 0 Å². The lowest BCUT2D eigenvalue weighted by molar-refractivity contribution is -0.118. The van der Waals surface area contributed by atoms with Gasteiger partial charge in [-0.1, -0.05) is 58.3 Å². The Morgan fingerprint density at radius 1 is 0.895 bits per heavy atom. The average Bonchev–Trinajstić information content (AvgIpc) is 2.24. The maximum atomic E-state index is 10.4. The fourth-order valence-electron chi connectivity index (χ4n) is 1.61. The molecule has 5 N–H and O–H groups in total. The second kappa shape index (κ2) is 14.0. The van der Waals surface area contributed by atoms with E-state index in [1.54, 1.807) is 0 Å². The lowest BCUT2D eigenvalue weighted by Crippen LogP contribution is -2.09. The molecule has 0 saturated heterocycles. The standard InChI is InChI=1S/C12H25NO.H3O4P/c1-2-3-4-5-6-7-8-9-10-11-12(13)14;1-5(2,3)4/h2-11H2,1H3,(H2,13,14);(H3,1,2,3,4). The molecule has 7 heteroatoms. The number of carbonyl (C=O) groups is 1. The first-order chi connectivity index (χ1) is 8.77. The molecule has 0 spiro atoms. The zero-order valence-corrected chi connectivity index (χ0v) is 12.6. The monoisotopic (exact) mass is 297 g/mol. The molecule has 0 aromatic carbocycles. The third-order valence-corrected chi connectivity index (χ3v) is 2.53. The van der Waals surface area contributed by atoms with Crippen molar-refractivity contribution in [3.8, 4) is 0 Å². The van der Waals surface area contributed by atoms with Crippen LogP contribution in [-0.2, 0) is 9.36 Å². The largest absolute Gasteiger partial charge is 0.466 e. The minimum atomic E-state index is -4.64. The van der Waals surface area contributed by atoms with Crippen molar-refractivity contribution in [1.29, 1.82) is 0 Å². The molecule has 0 unspecified atom stereocenters. The van der Waals surface area contributed by atoms with Crippen LogP contribution in [0.5, 0.6) is 0 Å². The summed E-state index contributed by atoms with van der Waals surface area (Å²) in [5.74, 6) is -0.159. The number of primary amides is 1. The molecule has 0 aromatic heterocycles. The fraction of sp³-hybridized carbons (Fsp3) is 0.917. The van der Waals surface area contributed by atoms with Gasteiger partial charge in [0.15, 0.2) is 0 Å². The molecule has 0 heterocycles. The zero-order valence-electron chi connectivity index (χ0n) is 11.8. The normalized spacial score (nSPS) is 10.7. The molecular formula is C12H28NO5P. The van der Waals surface area contributed by atoms with Crippen molar-refractivity contribution in [2.45, 2.75) is 71.1 Å². The first kappa shape index (κ1) is 20.9. The highest BCUT2D eigenvalue weighted by atomic mass is 31.2. The molecule has 0 aliphatic heterocycles. The van der Waals surface area contributed by atoms with Gasteiger partial charge in [0, 0.05) is 6.42 Å². The molecule has 0 aromatic rings. The third kappa shape index (κ3) is 38.1. The molecular weight excluding hydrogens is 269 g/mol. The number of hydrogen-bond acceptors (Lipinski definition) is 2. The van der Waals surface area contributed by atoms with Gasteiger partial charge in [0.25, 0.3) is 0 Å². The molecule has 0 rings (SSSR count). The molecule has 1 amide bonds. The number of phosphoric acid groups is 1. The summed E-state index contributed by atoms with van der Waals surface area (Å²) < 4.78 is 8.88. The summed E-state index contributed by atoms with van der Waals surface area (Å²) in [6.45, 7) is 2.24. The van der Waals surface area contributed by atoms with E-state index in [0.29, 0.717) is 6.42 Å². The van der Waals surface area contributed by atoms with E-state index >= 15 is 0 Å². The van der Waals surface area contributed by atoms with Crippen LogP contribution in [0.2, 0.25) is 0 Å². The third-order valence-electron chi connectivity index (χ3n) is 2.53. The summed E-state index contributed by atoms with van der Waals surface area (Å²) in [6, 6.07) is 0. The van der Waals surface area contributed by atoms with Gasteiger partial charge in [-0.25, -0.2) is 4.57 Å². The Morgan fingerprint density at radius 3 is 1.53 bits per heavy atom. The van der Waals surface area contributed by atoms with Crippen LogP contribution in [0, 0.1) is 0 Å². The highest BCUT2D eigenvalue weighted by Gasteiger charge is 2.00. The lowest BCUT2D eigenvalue weighted by atomic mass is 10.1. The van der Waals surface area contributed by atoms with Crippen LogP contribution in [0.25, 0.3) is 0 Å². The van der Waals surface area contributed by atoms with E-state index < -0.39 is 7.82 Å². The van der Waals surface area contributed by atoms with E-state index in [2.05, 4.69) is 6.92 Å². The number of carbonyl (C=O) groups excluding carboxylic acids is 1. The van der Waals surface area contributed by atoms with Crippen LogP contribution < -0.4 is 5.73 Å². The zero-order chi connectivity index (χ0) is 15.1. The van der Waals surface area contributed by atoms with Gasteiger partial charge >= 0.3 is 7.82 Å². The smallest absolute Gasteiger partial charge is 0.370 e. The summed E-state index contributed by atoms with van der Waals surface area (Å²) >= 11 is 0. The van der Waals surface area contributed by atoms with Crippen LogP contribution in [-0.4, -0.2) is 20.6 Å². The molecule has 0 fully saturated rings. The minimum absolute atomic E-state index is 0.159. The van der Waals surface area contributed by atoms with Gasteiger partial charge in [-0.2, -0.15) is 0 Å². The maximum Gasteiger partial charge on any atom is 0.466 e. The molecule has 0 bridgehead atoms. The Balaban J connectivity index is 0. The Hall–Kier alpha value is -0.420. The van der Waals surface area contributed by atoms with Gasteiger partial charge in [-0.05, 0) is 6.42 Å². The fourth-order valence-corrected chi connectivity index (χ4v) is 1.61. The summed E-state index contributed by atoms with van der Waals surface area (Å²) in [6.07, 6.45) is 12.1. The predicted octanol–water partition coefficient (Wildman–Crippen LogP) is 2.46. The molecule has 0 saturated carbocycles. The SMILES string of the molecule is CCCCCCCCCCCC(N)=O.O=P(O)(O)O. The lowest BCUT2D eigenvalue weighted by Gasteiger charge is -2.00. The van der Waals surface area contributed by atoms with E-state index in [1.807, 2.05) is 0 Å². The molecule has 0 aliphatic rings. The van der Waals surface area contributed by atoms with Gasteiger partial charge in [-0.15, -0.1) is 0 Å². The molecule has 116 valence electrons. The number of amides is 1. The van der Waals surface area contributed by atoms with Gasteiger partial charge in [0.1, 0.15) is 0 Å². The number of hydrogen-bond donors (Lipinski definition) is 4. The summed E-state index contributed by atoms with van der Waals surface area (Å²) in [5, 5.41) is 0. The first-order valence-corrected chi connectivity index (χ1v) is 8.40. The number of nitrogens with two attached hydrogens (primary N) is 1. The molecule has 0 atom stereocenters. The summed E-state index contributed by atoms with van der Waals surface area (Å²) in [4.78, 5) is 32.0. The predicted molar refractivity (Wildman–Crippen MR) is 75.3 cm³/mol. The van der Waals surface area contributed by atoms with E-state index in [1.165, 1.54) is 44.9 Å². The second-order valence-corrected chi connectivity index (χ2v) is 5.58. The van der Waals surface area contributed by atoms with E-state index in [4.69, 9.17) is 25.0 Å². The van der Waals surface area contributed by atoms with Crippen molar-refractivity contribution in [2.75, 3.05) is 0 Å². The van der Waals surface area contributed by atoms with Crippen LogP contribution in [0.15, 0.2) is 0 Å². The van der Waals surface area contributed by atoms with E-state index in [-0.39, 0.29) is 5.91 Å². The highest BCUT2D eigenvalue weighted by molar-refractivity contribution is 7.45.